The zero-order valence-electron chi connectivity index (χ0n) is 10.0. The minimum atomic E-state index is 0.327. The predicted octanol–water partition coefficient (Wildman–Crippen LogP) is 2.87. The average Bonchev–Trinajstić information content (AvgIpc) is 2.35. The summed E-state index contributed by atoms with van der Waals surface area (Å²) in [6.45, 7) is 6.94. The van der Waals surface area contributed by atoms with Gasteiger partial charge in [0, 0.05) is 18.6 Å². The normalized spacial score (nSPS) is 12.3. The highest BCUT2D eigenvalue weighted by atomic mass is 14.9. The maximum absolute atomic E-state index is 4.36. The van der Waals surface area contributed by atoms with Crippen molar-refractivity contribution in [2.24, 2.45) is 0 Å². The topological polar surface area (TPSA) is 37.8 Å². The Labute approximate surface area is 98.0 Å². The molecule has 1 unspecified atom stereocenters. The lowest BCUT2D eigenvalue weighted by Crippen LogP contribution is -2.23. The molecule has 1 aromatic heterocycles. The van der Waals surface area contributed by atoms with Crippen LogP contribution >= 0.6 is 0 Å². The van der Waals surface area contributed by atoms with E-state index in [2.05, 4.69) is 28.8 Å². The van der Waals surface area contributed by atoms with E-state index in [4.69, 9.17) is 0 Å². The van der Waals surface area contributed by atoms with Gasteiger partial charge in [-0.1, -0.05) is 13.0 Å². The Bertz CT molecular complexity index is 284. The third-order valence-electron chi connectivity index (χ3n) is 2.48. The maximum Gasteiger partial charge on any atom is 0.0756 e. The van der Waals surface area contributed by atoms with Crippen molar-refractivity contribution in [2.45, 2.75) is 38.6 Å². The van der Waals surface area contributed by atoms with E-state index in [9.17, 15) is 0 Å². The van der Waals surface area contributed by atoms with Crippen LogP contribution in [0.4, 0.5) is 0 Å². The summed E-state index contributed by atoms with van der Waals surface area (Å²) in [7, 11) is 0. The SMILES string of the molecule is C=CCCCC(NCCC)c1cnccn1. The number of allylic oxidation sites excluding steroid dienone is 1. The molecule has 16 heavy (non-hydrogen) atoms. The molecule has 0 spiro atoms. The highest BCUT2D eigenvalue weighted by Gasteiger charge is 2.10. The van der Waals surface area contributed by atoms with E-state index in [1.165, 1.54) is 0 Å². The van der Waals surface area contributed by atoms with Gasteiger partial charge in [-0.05, 0) is 32.2 Å². The van der Waals surface area contributed by atoms with Gasteiger partial charge in [0.2, 0.25) is 0 Å². The highest BCUT2D eigenvalue weighted by Crippen LogP contribution is 2.16. The molecule has 0 radical (unpaired) electrons. The van der Waals surface area contributed by atoms with E-state index < -0.39 is 0 Å². The number of aromatic nitrogens is 2. The van der Waals surface area contributed by atoms with Crippen molar-refractivity contribution in [3.05, 3.63) is 36.9 Å². The van der Waals surface area contributed by atoms with E-state index >= 15 is 0 Å². The van der Waals surface area contributed by atoms with Gasteiger partial charge in [0.05, 0.1) is 11.7 Å². The molecule has 3 nitrogen and oxygen atoms in total. The summed E-state index contributed by atoms with van der Waals surface area (Å²) in [5, 5.41) is 3.51. The third-order valence-corrected chi connectivity index (χ3v) is 2.48. The molecule has 3 heteroatoms. The first-order chi connectivity index (χ1) is 7.88. The number of hydrogen-bond acceptors (Lipinski definition) is 3. The van der Waals surface area contributed by atoms with Crippen molar-refractivity contribution in [3.63, 3.8) is 0 Å². The van der Waals surface area contributed by atoms with Crippen LogP contribution in [-0.4, -0.2) is 16.5 Å². The summed E-state index contributed by atoms with van der Waals surface area (Å²) in [5.74, 6) is 0. The highest BCUT2D eigenvalue weighted by molar-refractivity contribution is 5.02. The van der Waals surface area contributed by atoms with Crippen LogP contribution in [0.5, 0.6) is 0 Å². The Morgan fingerprint density at radius 2 is 2.38 bits per heavy atom. The Morgan fingerprint density at radius 1 is 1.50 bits per heavy atom. The van der Waals surface area contributed by atoms with Crippen molar-refractivity contribution in [1.82, 2.24) is 15.3 Å². The number of unbranched alkanes of at least 4 members (excludes halogenated alkanes) is 1. The van der Waals surface area contributed by atoms with Gasteiger partial charge in [0.25, 0.3) is 0 Å². The fraction of sp³-hybridized carbons (Fsp3) is 0.538. The van der Waals surface area contributed by atoms with E-state index in [0.717, 1.165) is 37.9 Å². The monoisotopic (exact) mass is 219 g/mol. The van der Waals surface area contributed by atoms with E-state index in [0.29, 0.717) is 6.04 Å². The average molecular weight is 219 g/mol. The number of rotatable bonds is 8. The minimum Gasteiger partial charge on any atom is -0.309 e. The molecule has 0 amide bonds. The van der Waals surface area contributed by atoms with Crippen molar-refractivity contribution in [3.8, 4) is 0 Å². The van der Waals surface area contributed by atoms with Crippen LogP contribution in [0, 0.1) is 0 Å². The number of nitrogens with one attached hydrogen (secondary N) is 1. The van der Waals surface area contributed by atoms with E-state index in [-0.39, 0.29) is 0 Å². The van der Waals surface area contributed by atoms with Gasteiger partial charge in [-0.15, -0.1) is 6.58 Å². The van der Waals surface area contributed by atoms with Crippen LogP contribution in [0.3, 0.4) is 0 Å². The molecular formula is C13H21N3. The van der Waals surface area contributed by atoms with Gasteiger partial charge < -0.3 is 5.32 Å². The first kappa shape index (κ1) is 12.8. The standard InChI is InChI=1S/C13H21N3/c1-3-5-6-7-12(15-8-4-2)13-11-14-9-10-16-13/h3,9-12,15H,1,4-8H2,2H3. The fourth-order valence-corrected chi connectivity index (χ4v) is 1.63. The van der Waals surface area contributed by atoms with Crippen molar-refractivity contribution >= 4 is 0 Å². The molecule has 0 saturated carbocycles. The van der Waals surface area contributed by atoms with Crippen LogP contribution < -0.4 is 5.32 Å². The maximum atomic E-state index is 4.36. The van der Waals surface area contributed by atoms with Crippen molar-refractivity contribution in [1.29, 1.82) is 0 Å². The summed E-state index contributed by atoms with van der Waals surface area (Å²) in [5.41, 5.74) is 1.04. The molecule has 0 fully saturated rings. The molecule has 1 heterocycles. The Balaban J connectivity index is 2.52. The Hall–Kier alpha value is -1.22. The summed E-state index contributed by atoms with van der Waals surface area (Å²) >= 11 is 0. The molecular weight excluding hydrogens is 198 g/mol. The Kier molecular flexibility index (Phi) is 6.42. The molecule has 0 saturated heterocycles. The van der Waals surface area contributed by atoms with Gasteiger partial charge in [-0.3, -0.25) is 9.97 Å². The Morgan fingerprint density at radius 3 is 3.00 bits per heavy atom. The smallest absolute Gasteiger partial charge is 0.0756 e. The molecule has 0 aromatic carbocycles. The zero-order valence-corrected chi connectivity index (χ0v) is 10.0. The van der Waals surface area contributed by atoms with E-state index in [1.807, 2.05) is 12.3 Å². The van der Waals surface area contributed by atoms with Crippen LogP contribution in [0.2, 0.25) is 0 Å². The van der Waals surface area contributed by atoms with Gasteiger partial charge in [0.1, 0.15) is 0 Å². The number of nitrogens with zero attached hydrogens (tertiary/aromatic N) is 2. The lowest BCUT2D eigenvalue weighted by Gasteiger charge is -2.17. The second kappa shape index (κ2) is 7.99. The molecule has 1 atom stereocenters. The van der Waals surface area contributed by atoms with Crippen LogP contribution in [0.25, 0.3) is 0 Å². The lowest BCUT2D eigenvalue weighted by atomic mass is 10.1. The third kappa shape index (κ3) is 4.53. The molecule has 1 rings (SSSR count). The zero-order chi connectivity index (χ0) is 11.6. The summed E-state index contributed by atoms with van der Waals surface area (Å²) < 4.78 is 0. The van der Waals surface area contributed by atoms with Crippen molar-refractivity contribution < 1.29 is 0 Å². The predicted molar refractivity (Wildman–Crippen MR) is 67.1 cm³/mol. The van der Waals surface area contributed by atoms with Gasteiger partial charge in [0.15, 0.2) is 0 Å². The summed E-state index contributed by atoms with van der Waals surface area (Å²) in [6, 6.07) is 0.327. The van der Waals surface area contributed by atoms with Crippen molar-refractivity contribution in [2.75, 3.05) is 6.54 Å². The quantitative estimate of drug-likeness (QED) is 0.539. The largest absolute Gasteiger partial charge is 0.309 e. The minimum absolute atomic E-state index is 0.327. The van der Waals surface area contributed by atoms with Gasteiger partial charge >= 0.3 is 0 Å². The van der Waals surface area contributed by atoms with Gasteiger partial charge in [-0.2, -0.15) is 0 Å². The summed E-state index contributed by atoms with van der Waals surface area (Å²) in [4.78, 5) is 8.48. The second-order valence-electron chi connectivity index (χ2n) is 3.86. The summed E-state index contributed by atoms with van der Waals surface area (Å²) in [6.07, 6.45) is 11.7. The molecule has 88 valence electrons. The molecule has 1 aromatic rings. The molecule has 0 aliphatic heterocycles. The molecule has 0 aliphatic rings. The molecule has 1 N–H and O–H groups in total. The molecule has 0 bridgehead atoms. The van der Waals surface area contributed by atoms with E-state index in [1.54, 1.807) is 12.4 Å². The van der Waals surface area contributed by atoms with Crippen LogP contribution in [0.1, 0.15) is 44.3 Å². The van der Waals surface area contributed by atoms with Crippen LogP contribution in [-0.2, 0) is 0 Å². The first-order valence-electron chi connectivity index (χ1n) is 5.98. The lowest BCUT2D eigenvalue weighted by molar-refractivity contribution is 0.475. The fourth-order valence-electron chi connectivity index (χ4n) is 1.63. The van der Waals surface area contributed by atoms with Crippen LogP contribution in [0.15, 0.2) is 31.2 Å². The molecule has 0 aliphatic carbocycles. The second-order valence-corrected chi connectivity index (χ2v) is 3.86. The number of hydrogen-bond donors (Lipinski definition) is 1. The first-order valence-corrected chi connectivity index (χ1v) is 5.98. The van der Waals surface area contributed by atoms with Gasteiger partial charge in [-0.25, -0.2) is 0 Å².